The average Bonchev–Trinajstić information content (AvgIpc) is 2.49. The molecule has 2 fully saturated rings. The Kier molecular flexibility index (Phi) is 3.95. The second-order valence-electron chi connectivity index (χ2n) is 6.06. The molecule has 1 heterocycles. The van der Waals surface area contributed by atoms with Gasteiger partial charge in [-0.2, -0.15) is 0 Å². The number of anilines is 1. The molecule has 21 heavy (non-hydrogen) atoms. The number of amides is 1. The third kappa shape index (κ3) is 2.80. The van der Waals surface area contributed by atoms with Crippen LogP contribution in [-0.4, -0.2) is 28.5 Å². The van der Waals surface area contributed by atoms with Gasteiger partial charge in [-0.25, -0.2) is 0 Å². The van der Waals surface area contributed by atoms with Crippen LogP contribution in [0.5, 0.6) is 0 Å². The predicted octanol–water partition coefficient (Wildman–Crippen LogP) is 2.22. The lowest BCUT2D eigenvalue weighted by Crippen LogP contribution is -2.73. The minimum absolute atomic E-state index is 0.0286. The number of thiocarbonyl (C=S) groups is 1. The van der Waals surface area contributed by atoms with Crippen molar-refractivity contribution in [3.8, 4) is 0 Å². The quantitative estimate of drug-likeness (QED) is 0.733. The van der Waals surface area contributed by atoms with E-state index in [9.17, 15) is 4.79 Å². The zero-order valence-electron chi connectivity index (χ0n) is 12.2. The van der Waals surface area contributed by atoms with Gasteiger partial charge in [0.2, 0.25) is 5.91 Å². The molecular formula is C16H21N3OS. The maximum absolute atomic E-state index is 12.5. The molecule has 0 aromatic heterocycles. The molecule has 1 saturated heterocycles. The predicted molar refractivity (Wildman–Crippen MR) is 88.4 cm³/mol. The van der Waals surface area contributed by atoms with Crippen molar-refractivity contribution in [1.82, 2.24) is 10.6 Å². The highest BCUT2D eigenvalue weighted by molar-refractivity contribution is 7.80. The molecule has 2 aliphatic rings. The fraction of sp³-hybridized carbons (Fsp3) is 0.500. The van der Waals surface area contributed by atoms with Crippen molar-refractivity contribution < 1.29 is 4.79 Å². The molecule has 0 bridgehead atoms. The molecule has 1 saturated carbocycles. The normalized spacial score (nSPS) is 32.0. The third-order valence-electron chi connectivity index (χ3n) is 4.50. The summed E-state index contributed by atoms with van der Waals surface area (Å²) in [6.07, 6.45) is 4.54. The standard InChI is InChI=1S/C16H21N3OS/c1-16(15(21)17-11-7-3-2-4-8-11)14(20)18-12-9-5-6-10-13(12)19-16/h2-4,7-8,12-13,19H,5-6,9-10H2,1H3,(H,17,21)(H,18,20)/t12-,13-,16-/m1/s1. The van der Waals surface area contributed by atoms with E-state index < -0.39 is 5.54 Å². The second kappa shape index (κ2) is 5.73. The van der Waals surface area contributed by atoms with Crippen molar-refractivity contribution in [2.75, 3.05) is 5.32 Å². The summed E-state index contributed by atoms with van der Waals surface area (Å²) in [5.74, 6) is -0.0286. The summed E-state index contributed by atoms with van der Waals surface area (Å²) in [4.78, 5) is 13.0. The van der Waals surface area contributed by atoms with Crippen LogP contribution in [0.2, 0.25) is 0 Å². The van der Waals surface area contributed by atoms with E-state index in [1.165, 1.54) is 12.8 Å². The summed E-state index contributed by atoms with van der Waals surface area (Å²) in [5, 5.41) is 9.82. The summed E-state index contributed by atoms with van der Waals surface area (Å²) >= 11 is 5.51. The van der Waals surface area contributed by atoms with E-state index >= 15 is 0 Å². The first-order valence-corrected chi connectivity index (χ1v) is 7.95. The number of hydrogen-bond acceptors (Lipinski definition) is 3. The van der Waals surface area contributed by atoms with Crippen LogP contribution in [-0.2, 0) is 4.79 Å². The van der Waals surface area contributed by atoms with E-state index in [0.29, 0.717) is 11.0 Å². The maximum Gasteiger partial charge on any atom is 0.247 e. The van der Waals surface area contributed by atoms with Gasteiger partial charge >= 0.3 is 0 Å². The van der Waals surface area contributed by atoms with Gasteiger partial charge in [-0.3, -0.25) is 10.1 Å². The molecule has 3 N–H and O–H groups in total. The number of rotatable bonds is 2. The van der Waals surface area contributed by atoms with Gasteiger partial charge in [0.1, 0.15) is 10.5 Å². The van der Waals surface area contributed by atoms with Crippen LogP contribution in [0, 0.1) is 0 Å². The van der Waals surface area contributed by atoms with Gasteiger partial charge in [-0.05, 0) is 31.9 Å². The summed E-state index contributed by atoms with van der Waals surface area (Å²) in [5.41, 5.74) is 0.0630. The Morgan fingerprint density at radius 2 is 1.90 bits per heavy atom. The molecule has 0 unspecified atom stereocenters. The van der Waals surface area contributed by atoms with Crippen LogP contribution in [0.3, 0.4) is 0 Å². The molecule has 1 amide bonds. The highest BCUT2D eigenvalue weighted by Gasteiger charge is 2.46. The van der Waals surface area contributed by atoms with E-state index in [0.717, 1.165) is 18.5 Å². The first kappa shape index (κ1) is 14.5. The van der Waals surface area contributed by atoms with Gasteiger partial charge in [-0.15, -0.1) is 0 Å². The Labute approximate surface area is 130 Å². The maximum atomic E-state index is 12.5. The van der Waals surface area contributed by atoms with Crippen molar-refractivity contribution in [2.24, 2.45) is 0 Å². The molecule has 0 spiro atoms. The zero-order chi connectivity index (χ0) is 14.9. The van der Waals surface area contributed by atoms with Crippen LogP contribution in [0.15, 0.2) is 30.3 Å². The van der Waals surface area contributed by atoms with Crippen molar-refractivity contribution in [3.05, 3.63) is 30.3 Å². The number of piperazine rings is 1. The molecule has 1 aliphatic carbocycles. The first-order chi connectivity index (χ1) is 10.1. The number of para-hydroxylation sites is 1. The van der Waals surface area contributed by atoms with Crippen LogP contribution in [0.4, 0.5) is 5.69 Å². The van der Waals surface area contributed by atoms with Crippen LogP contribution in [0.1, 0.15) is 32.6 Å². The topological polar surface area (TPSA) is 53.2 Å². The van der Waals surface area contributed by atoms with Crippen LogP contribution in [0.25, 0.3) is 0 Å². The van der Waals surface area contributed by atoms with Gasteiger partial charge in [0.15, 0.2) is 0 Å². The minimum atomic E-state index is -0.844. The van der Waals surface area contributed by atoms with Gasteiger partial charge < -0.3 is 10.6 Å². The molecular weight excluding hydrogens is 282 g/mol. The van der Waals surface area contributed by atoms with Gasteiger partial charge in [0, 0.05) is 17.8 Å². The highest BCUT2D eigenvalue weighted by atomic mass is 32.1. The molecule has 3 atom stereocenters. The van der Waals surface area contributed by atoms with Gasteiger partial charge in [-0.1, -0.05) is 43.3 Å². The summed E-state index contributed by atoms with van der Waals surface area (Å²) in [7, 11) is 0. The van der Waals surface area contributed by atoms with Crippen LogP contribution < -0.4 is 16.0 Å². The van der Waals surface area contributed by atoms with Crippen LogP contribution >= 0.6 is 12.2 Å². The van der Waals surface area contributed by atoms with Gasteiger partial charge in [0.05, 0.1) is 0 Å². The first-order valence-electron chi connectivity index (χ1n) is 7.55. The Bertz CT molecular complexity index is 548. The second-order valence-corrected chi connectivity index (χ2v) is 6.47. The Morgan fingerprint density at radius 1 is 1.24 bits per heavy atom. The van der Waals surface area contributed by atoms with Crippen molar-refractivity contribution >= 4 is 28.8 Å². The number of hydrogen-bond donors (Lipinski definition) is 3. The summed E-state index contributed by atoms with van der Waals surface area (Å²) < 4.78 is 0. The highest BCUT2D eigenvalue weighted by Crippen LogP contribution is 2.26. The Balaban J connectivity index is 1.75. The number of nitrogens with one attached hydrogen (secondary N) is 3. The van der Waals surface area contributed by atoms with Crippen molar-refractivity contribution in [1.29, 1.82) is 0 Å². The van der Waals surface area contributed by atoms with E-state index in [-0.39, 0.29) is 11.9 Å². The molecule has 1 aromatic rings. The Hall–Kier alpha value is -1.46. The lowest BCUT2D eigenvalue weighted by Gasteiger charge is -2.45. The zero-order valence-corrected chi connectivity index (χ0v) is 13.0. The smallest absolute Gasteiger partial charge is 0.247 e. The Morgan fingerprint density at radius 3 is 2.62 bits per heavy atom. The van der Waals surface area contributed by atoms with E-state index in [4.69, 9.17) is 12.2 Å². The lowest BCUT2D eigenvalue weighted by atomic mass is 9.84. The largest absolute Gasteiger partial charge is 0.350 e. The fourth-order valence-electron chi connectivity index (χ4n) is 3.17. The third-order valence-corrected chi connectivity index (χ3v) is 5.01. The summed E-state index contributed by atoms with van der Waals surface area (Å²) in [6, 6.07) is 10.3. The summed E-state index contributed by atoms with van der Waals surface area (Å²) in [6.45, 7) is 1.87. The van der Waals surface area contributed by atoms with E-state index in [2.05, 4.69) is 16.0 Å². The van der Waals surface area contributed by atoms with Crippen molar-refractivity contribution in [2.45, 2.75) is 50.2 Å². The van der Waals surface area contributed by atoms with E-state index in [1.54, 1.807) is 0 Å². The molecule has 4 nitrogen and oxygen atoms in total. The minimum Gasteiger partial charge on any atom is -0.350 e. The van der Waals surface area contributed by atoms with Crippen molar-refractivity contribution in [3.63, 3.8) is 0 Å². The SMILES string of the molecule is C[C@@]1(C(=S)Nc2ccccc2)N[C@@H]2CCCC[C@H]2NC1=O. The number of carbonyl (C=O) groups is 1. The number of fused-ring (bicyclic) bond motifs is 1. The molecule has 5 heteroatoms. The number of carbonyl (C=O) groups excluding carboxylic acids is 1. The lowest BCUT2D eigenvalue weighted by molar-refractivity contribution is -0.128. The molecule has 0 radical (unpaired) electrons. The monoisotopic (exact) mass is 303 g/mol. The van der Waals surface area contributed by atoms with E-state index in [1.807, 2.05) is 37.3 Å². The molecule has 1 aromatic carbocycles. The number of benzene rings is 1. The average molecular weight is 303 g/mol. The molecule has 1 aliphatic heterocycles. The van der Waals surface area contributed by atoms with Gasteiger partial charge in [0.25, 0.3) is 0 Å². The fourth-order valence-corrected chi connectivity index (χ4v) is 3.44. The molecule has 3 rings (SSSR count). The molecule has 112 valence electrons.